The number of hydrogen-bond donors (Lipinski definition) is 1. The van der Waals surface area contributed by atoms with Crippen LogP contribution in [-0.2, 0) is 14.8 Å². The Morgan fingerprint density at radius 2 is 1.68 bits per heavy atom. The van der Waals surface area contributed by atoms with E-state index >= 15 is 0 Å². The van der Waals surface area contributed by atoms with Crippen molar-refractivity contribution in [3.05, 3.63) is 106 Å². The van der Waals surface area contributed by atoms with Gasteiger partial charge in [0.05, 0.1) is 29.6 Å². The first kappa shape index (κ1) is 28.9. The summed E-state index contributed by atoms with van der Waals surface area (Å²) in [6, 6.07) is 20.6. The van der Waals surface area contributed by atoms with Crippen molar-refractivity contribution in [2.24, 2.45) is 5.10 Å². The lowest BCUT2D eigenvalue weighted by Gasteiger charge is -2.25. The Labute approximate surface area is 239 Å². The lowest BCUT2D eigenvalue weighted by atomic mass is 10.1. The average molecular weight is 579 g/mol. The van der Waals surface area contributed by atoms with Crippen molar-refractivity contribution in [2.75, 3.05) is 18.0 Å². The van der Waals surface area contributed by atoms with Crippen molar-refractivity contribution in [1.82, 2.24) is 9.99 Å². The molecule has 4 aromatic rings. The number of sulfonamides is 1. The zero-order chi connectivity index (χ0) is 29.0. The fourth-order valence-electron chi connectivity index (χ4n) is 4.64. The van der Waals surface area contributed by atoms with E-state index in [1.54, 1.807) is 36.5 Å². The molecule has 8 nitrogen and oxygen atoms in total. The fourth-order valence-corrected chi connectivity index (χ4v) is 6.25. The van der Waals surface area contributed by atoms with Gasteiger partial charge in [0.25, 0.3) is 15.9 Å². The fraction of sp³-hybridized carbons (Fsp3) is 0.200. The van der Waals surface area contributed by atoms with E-state index in [0.717, 1.165) is 38.1 Å². The third kappa shape index (κ3) is 5.90. The molecule has 0 saturated carbocycles. The number of hydrogen-bond acceptors (Lipinski definition) is 5. The number of nitrogens with zero attached hydrogens (tertiary/aromatic N) is 3. The van der Waals surface area contributed by atoms with Crippen molar-refractivity contribution in [1.29, 1.82) is 0 Å². The molecule has 208 valence electrons. The maximum atomic E-state index is 13.6. The summed E-state index contributed by atoms with van der Waals surface area (Å²) >= 11 is 6.19. The van der Waals surface area contributed by atoms with E-state index in [2.05, 4.69) is 41.1 Å². The van der Waals surface area contributed by atoms with Gasteiger partial charge in [-0.15, -0.1) is 0 Å². The standard InChI is InChI=1S/C30H31ClN4O4S/c1-20-10-9-11-21(2)30(20)35-22(3)16-24(23(35)4)18-32-33-29(36)19-34(27-17-25(31)14-15-28(27)39-5)40(37,38)26-12-7-6-8-13-26/h6-18H,19H2,1-5H3,(H,33,36)/b32-18+. The molecule has 1 heterocycles. The van der Waals surface area contributed by atoms with Crippen LogP contribution in [-0.4, -0.2) is 38.8 Å². The number of rotatable bonds is 9. The first-order valence-corrected chi connectivity index (χ1v) is 14.3. The first-order chi connectivity index (χ1) is 19.0. The molecular weight excluding hydrogens is 548 g/mol. The summed E-state index contributed by atoms with van der Waals surface area (Å²) in [6.07, 6.45) is 1.56. The van der Waals surface area contributed by atoms with Gasteiger partial charge in [-0.25, -0.2) is 13.8 Å². The van der Waals surface area contributed by atoms with Crippen LogP contribution in [0.25, 0.3) is 5.69 Å². The van der Waals surface area contributed by atoms with Crippen molar-refractivity contribution in [3.8, 4) is 11.4 Å². The van der Waals surface area contributed by atoms with E-state index in [0.29, 0.717) is 5.02 Å². The molecule has 3 aromatic carbocycles. The number of hydrazone groups is 1. The van der Waals surface area contributed by atoms with Crippen LogP contribution in [0.1, 0.15) is 28.1 Å². The number of nitrogens with one attached hydrogen (secondary N) is 1. The van der Waals surface area contributed by atoms with E-state index in [1.807, 2.05) is 26.0 Å². The summed E-state index contributed by atoms with van der Waals surface area (Å²) in [7, 11) is -2.73. The largest absolute Gasteiger partial charge is 0.495 e. The van der Waals surface area contributed by atoms with E-state index in [1.165, 1.54) is 25.3 Å². The summed E-state index contributed by atoms with van der Waals surface area (Å²) in [6.45, 7) is 7.59. The van der Waals surface area contributed by atoms with Gasteiger partial charge in [-0.3, -0.25) is 9.10 Å². The predicted molar refractivity (Wildman–Crippen MR) is 159 cm³/mol. The molecule has 0 spiro atoms. The molecule has 1 amide bonds. The molecule has 0 aliphatic heterocycles. The number of aryl methyl sites for hydroxylation is 3. The quantitative estimate of drug-likeness (QED) is 0.203. The van der Waals surface area contributed by atoms with Crippen LogP contribution in [0.5, 0.6) is 5.75 Å². The zero-order valence-corrected chi connectivity index (χ0v) is 24.5. The molecule has 0 fully saturated rings. The van der Waals surface area contributed by atoms with Crippen LogP contribution < -0.4 is 14.5 Å². The van der Waals surface area contributed by atoms with Gasteiger partial charge in [-0.1, -0.05) is 48.0 Å². The Morgan fingerprint density at radius 3 is 2.33 bits per heavy atom. The number of ether oxygens (including phenoxy) is 1. The topological polar surface area (TPSA) is 93.0 Å². The minimum Gasteiger partial charge on any atom is -0.495 e. The number of halogens is 1. The van der Waals surface area contributed by atoms with Crippen LogP contribution in [0.15, 0.2) is 82.8 Å². The van der Waals surface area contributed by atoms with Gasteiger partial charge in [0.1, 0.15) is 12.3 Å². The lowest BCUT2D eigenvalue weighted by Crippen LogP contribution is -2.39. The maximum Gasteiger partial charge on any atom is 0.264 e. The van der Waals surface area contributed by atoms with Crippen molar-refractivity contribution >= 4 is 39.4 Å². The highest BCUT2D eigenvalue weighted by Gasteiger charge is 2.29. The summed E-state index contributed by atoms with van der Waals surface area (Å²) < 4.78 is 35.8. The van der Waals surface area contributed by atoms with E-state index in [9.17, 15) is 13.2 Å². The number of carbonyl (C=O) groups excluding carboxylic acids is 1. The summed E-state index contributed by atoms with van der Waals surface area (Å²) in [5.74, 6) is -0.388. The summed E-state index contributed by atoms with van der Waals surface area (Å²) in [4.78, 5) is 13.1. The highest BCUT2D eigenvalue weighted by atomic mass is 35.5. The molecule has 1 aromatic heterocycles. The normalized spacial score (nSPS) is 11.6. The SMILES string of the molecule is COc1ccc(Cl)cc1N(CC(=O)N/N=C/c1cc(C)n(-c2c(C)cccc2C)c1C)S(=O)(=O)c1ccccc1. The Morgan fingerprint density at radius 1 is 1.00 bits per heavy atom. The minimum absolute atomic E-state index is 0.0206. The van der Waals surface area contributed by atoms with E-state index in [4.69, 9.17) is 16.3 Å². The van der Waals surface area contributed by atoms with Gasteiger partial charge in [0.15, 0.2) is 0 Å². The van der Waals surface area contributed by atoms with Crippen LogP contribution in [0.3, 0.4) is 0 Å². The molecule has 0 saturated heterocycles. The maximum absolute atomic E-state index is 13.6. The van der Waals surface area contributed by atoms with Crippen molar-refractivity contribution in [3.63, 3.8) is 0 Å². The second-order valence-corrected chi connectivity index (χ2v) is 11.6. The Balaban J connectivity index is 1.61. The minimum atomic E-state index is -4.14. The Kier molecular flexibility index (Phi) is 8.66. The van der Waals surface area contributed by atoms with Gasteiger partial charge >= 0.3 is 0 Å². The molecular formula is C30H31ClN4O4S. The summed E-state index contributed by atoms with van der Waals surface area (Å²) in [5, 5.41) is 4.43. The van der Waals surface area contributed by atoms with Crippen molar-refractivity contribution < 1.29 is 17.9 Å². The number of amides is 1. The third-order valence-corrected chi connectivity index (χ3v) is 8.56. The predicted octanol–water partition coefficient (Wildman–Crippen LogP) is 5.72. The number of methoxy groups -OCH3 is 1. The summed E-state index contributed by atoms with van der Waals surface area (Å²) in [5.41, 5.74) is 8.82. The monoisotopic (exact) mass is 578 g/mol. The van der Waals surface area contributed by atoms with Gasteiger partial charge in [0.2, 0.25) is 0 Å². The molecule has 0 unspecified atom stereocenters. The van der Waals surface area contributed by atoms with E-state index in [-0.39, 0.29) is 16.3 Å². The average Bonchev–Trinajstić information content (AvgIpc) is 3.20. The van der Waals surface area contributed by atoms with Crippen molar-refractivity contribution in [2.45, 2.75) is 32.6 Å². The number of carbonyl (C=O) groups is 1. The van der Waals surface area contributed by atoms with Crippen LogP contribution >= 0.6 is 11.6 Å². The van der Waals surface area contributed by atoms with Gasteiger partial charge in [-0.05, 0) is 75.2 Å². The van der Waals surface area contributed by atoms with Crippen LogP contribution in [0.4, 0.5) is 5.69 Å². The second-order valence-electron chi connectivity index (χ2n) is 9.34. The highest BCUT2D eigenvalue weighted by Crippen LogP contribution is 2.34. The third-order valence-electron chi connectivity index (χ3n) is 6.55. The highest BCUT2D eigenvalue weighted by molar-refractivity contribution is 7.92. The molecule has 0 bridgehead atoms. The molecule has 0 radical (unpaired) electrons. The molecule has 0 atom stereocenters. The van der Waals surface area contributed by atoms with Gasteiger partial charge in [0, 0.05) is 22.0 Å². The number of aromatic nitrogens is 1. The number of anilines is 1. The number of benzene rings is 3. The smallest absolute Gasteiger partial charge is 0.264 e. The molecule has 0 aliphatic rings. The Hall–Kier alpha value is -4.08. The lowest BCUT2D eigenvalue weighted by molar-refractivity contribution is -0.119. The van der Waals surface area contributed by atoms with Crippen LogP contribution in [0.2, 0.25) is 5.02 Å². The van der Waals surface area contributed by atoms with Gasteiger partial charge < -0.3 is 9.30 Å². The second kappa shape index (κ2) is 12.0. The molecule has 4 rings (SSSR count). The molecule has 0 aliphatic carbocycles. The van der Waals surface area contributed by atoms with E-state index < -0.39 is 22.5 Å². The molecule has 10 heteroatoms. The zero-order valence-electron chi connectivity index (χ0n) is 23.0. The van der Waals surface area contributed by atoms with Gasteiger partial charge in [-0.2, -0.15) is 5.10 Å². The number of para-hydroxylation sites is 1. The van der Waals surface area contributed by atoms with Crippen LogP contribution in [0, 0.1) is 27.7 Å². The molecule has 40 heavy (non-hydrogen) atoms. The first-order valence-electron chi connectivity index (χ1n) is 12.5. The molecule has 1 N–H and O–H groups in total. The Bertz CT molecular complexity index is 1660.